The van der Waals surface area contributed by atoms with Gasteiger partial charge in [-0.3, -0.25) is 0 Å². The fourth-order valence-electron chi connectivity index (χ4n) is 13.7. The molecule has 0 bridgehead atoms. The van der Waals surface area contributed by atoms with Crippen LogP contribution in [0.15, 0.2) is 340 Å². The standard InChI is InChI=1S/C80H56N2/c1-7-27-61(28-8-1)79(62-29-9-2-10-30-62)75-43-21-19-41-71(75)73-51-49-69(55-77(73)79)81(65-35-15-5-16-36-65)67-39-23-25-59(53-67)57-45-47-58(48-46-57)60-26-24-40-68(54-60)82(66-37-17-6-18-38-66)70-50-52-74-72-42-20-22-44-76(72)80(78(74)56-70,63-31-11-3-12-32-63)64-33-13-4-14-34-64/h1-56H. The molecule has 0 fully saturated rings. The summed E-state index contributed by atoms with van der Waals surface area (Å²) in [6.07, 6.45) is 0. The highest BCUT2D eigenvalue weighted by atomic mass is 15.1. The predicted octanol–water partition coefficient (Wildman–Crippen LogP) is 20.7. The Labute approximate surface area is 480 Å². The molecule has 2 aliphatic rings. The summed E-state index contributed by atoms with van der Waals surface area (Å²) in [7, 11) is 0. The molecule has 15 rings (SSSR count). The van der Waals surface area contributed by atoms with Crippen molar-refractivity contribution in [2.45, 2.75) is 10.8 Å². The van der Waals surface area contributed by atoms with E-state index in [0.29, 0.717) is 0 Å². The lowest BCUT2D eigenvalue weighted by Gasteiger charge is -2.35. The minimum Gasteiger partial charge on any atom is -0.310 e. The summed E-state index contributed by atoms with van der Waals surface area (Å²) in [6.45, 7) is 0. The van der Waals surface area contributed by atoms with E-state index in [1.807, 2.05) is 0 Å². The van der Waals surface area contributed by atoms with Gasteiger partial charge in [0.05, 0.1) is 10.8 Å². The van der Waals surface area contributed by atoms with Gasteiger partial charge in [-0.1, -0.05) is 267 Å². The molecule has 386 valence electrons. The third-order valence-corrected chi connectivity index (χ3v) is 17.2. The van der Waals surface area contributed by atoms with Crippen molar-refractivity contribution in [1.82, 2.24) is 0 Å². The molecule has 13 aromatic rings. The molecule has 0 saturated heterocycles. The van der Waals surface area contributed by atoms with E-state index in [4.69, 9.17) is 0 Å². The Morgan fingerprint density at radius 3 is 0.805 bits per heavy atom. The highest BCUT2D eigenvalue weighted by molar-refractivity contribution is 5.92. The summed E-state index contributed by atoms with van der Waals surface area (Å²) in [5, 5.41) is 0. The Morgan fingerprint density at radius 2 is 0.451 bits per heavy atom. The molecule has 0 amide bonds. The molecular weight excluding hydrogens is 989 g/mol. The summed E-state index contributed by atoms with van der Waals surface area (Å²) < 4.78 is 0. The predicted molar refractivity (Wildman–Crippen MR) is 341 cm³/mol. The maximum absolute atomic E-state index is 2.45. The molecule has 82 heavy (non-hydrogen) atoms. The Bertz CT molecular complexity index is 4060. The van der Waals surface area contributed by atoms with Crippen LogP contribution in [0.3, 0.4) is 0 Å². The third-order valence-electron chi connectivity index (χ3n) is 17.2. The number of rotatable bonds is 12. The van der Waals surface area contributed by atoms with Gasteiger partial charge in [0.25, 0.3) is 0 Å². The average Bonchev–Trinajstić information content (AvgIpc) is 2.54. The van der Waals surface area contributed by atoms with Crippen molar-refractivity contribution in [3.63, 3.8) is 0 Å². The molecule has 0 saturated carbocycles. The van der Waals surface area contributed by atoms with Gasteiger partial charge in [0.15, 0.2) is 0 Å². The van der Waals surface area contributed by atoms with Gasteiger partial charge in [-0.15, -0.1) is 0 Å². The summed E-state index contributed by atoms with van der Waals surface area (Å²) in [5.41, 5.74) is 25.4. The van der Waals surface area contributed by atoms with Crippen molar-refractivity contribution in [2.24, 2.45) is 0 Å². The Kier molecular flexibility index (Phi) is 12.0. The summed E-state index contributed by atoms with van der Waals surface area (Å²) >= 11 is 0. The van der Waals surface area contributed by atoms with E-state index in [9.17, 15) is 0 Å². The lowest BCUT2D eigenvalue weighted by atomic mass is 9.67. The van der Waals surface area contributed by atoms with Crippen molar-refractivity contribution in [3.8, 4) is 44.5 Å². The zero-order chi connectivity index (χ0) is 54.5. The zero-order valence-electron chi connectivity index (χ0n) is 45.2. The molecular formula is C80H56N2. The van der Waals surface area contributed by atoms with Gasteiger partial charge >= 0.3 is 0 Å². The van der Waals surface area contributed by atoms with E-state index < -0.39 is 10.8 Å². The molecule has 0 N–H and O–H groups in total. The minimum absolute atomic E-state index is 0.511. The minimum atomic E-state index is -0.511. The molecule has 0 aliphatic heterocycles. The van der Waals surface area contributed by atoms with Crippen LogP contribution in [0, 0.1) is 0 Å². The number of nitrogens with zero attached hydrogens (tertiary/aromatic N) is 2. The van der Waals surface area contributed by atoms with Crippen molar-refractivity contribution in [2.75, 3.05) is 9.80 Å². The first kappa shape index (κ1) is 48.6. The molecule has 2 heteroatoms. The molecule has 0 atom stereocenters. The molecule has 2 nitrogen and oxygen atoms in total. The first-order valence-electron chi connectivity index (χ1n) is 28.4. The first-order valence-corrected chi connectivity index (χ1v) is 28.4. The van der Waals surface area contributed by atoms with Crippen LogP contribution in [0.1, 0.15) is 44.5 Å². The lowest BCUT2D eigenvalue weighted by molar-refractivity contribution is 0.768. The van der Waals surface area contributed by atoms with Crippen molar-refractivity contribution in [3.05, 3.63) is 384 Å². The normalized spacial score (nSPS) is 13.1. The van der Waals surface area contributed by atoms with Crippen molar-refractivity contribution >= 4 is 34.1 Å². The van der Waals surface area contributed by atoms with E-state index in [1.165, 1.54) is 66.8 Å². The van der Waals surface area contributed by atoms with Gasteiger partial charge in [0.2, 0.25) is 0 Å². The van der Waals surface area contributed by atoms with Gasteiger partial charge < -0.3 is 9.80 Å². The van der Waals surface area contributed by atoms with Crippen molar-refractivity contribution < 1.29 is 0 Å². The topological polar surface area (TPSA) is 6.48 Å². The van der Waals surface area contributed by atoms with E-state index in [0.717, 1.165) is 56.4 Å². The lowest BCUT2D eigenvalue weighted by Crippen LogP contribution is -2.28. The van der Waals surface area contributed by atoms with Crippen LogP contribution in [-0.4, -0.2) is 0 Å². The van der Waals surface area contributed by atoms with Gasteiger partial charge in [0, 0.05) is 34.1 Å². The van der Waals surface area contributed by atoms with Crippen LogP contribution in [0.25, 0.3) is 44.5 Å². The van der Waals surface area contributed by atoms with Crippen LogP contribution < -0.4 is 9.80 Å². The number of benzene rings is 13. The maximum atomic E-state index is 2.45. The molecule has 0 aromatic heterocycles. The van der Waals surface area contributed by atoms with Gasteiger partial charge in [-0.05, 0) is 162 Å². The van der Waals surface area contributed by atoms with Crippen LogP contribution in [0.4, 0.5) is 34.1 Å². The van der Waals surface area contributed by atoms with E-state index >= 15 is 0 Å². The van der Waals surface area contributed by atoms with Crippen LogP contribution in [-0.2, 0) is 10.8 Å². The number of para-hydroxylation sites is 2. The van der Waals surface area contributed by atoms with E-state index in [1.54, 1.807) is 0 Å². The Balaban J connectivity index is 0.798. The number of anilines is 6. The molecule has 0 heterocycles. The molecule has 13 aromatic carbocycles. The number of hydrogen-bond donors (Lipinski definition) is 0. The van der Waals surface area contributed by atoms with Crippen LogP contribution in [0.2, 0.25) is 0 Å². The quantitative estimate of drug-likeness (QED) is 0.120. The second-order valence-electron chi connectivity index (χ2n) is 21.5. The highest BCUT2D eigenvalue weighted by Crippen LogP contribution is 2.59. The maximum Gasteiger partial charge on any atom is 0.0714 e. The Hall–Kier alpha value is -10.5. The third kappa shape index (κ3) is 7.86. The molecule has 2 aliphatic carbocycles. The van der Waals surface area contributed by atoms with Crippen LogP contribution in [0.5, 0.6) is 0 Å². The largest absolute Gasteiger partial charge is 0.310 e. The highest BCUT2D eigenvalue weighted by Gasteiger charge is 2.48. The molecule has 0 spiro atoms. The summed E-state index contributed by atoms with van der Waals surface area (Å²) in [5.74, 6) is 0. The average molecular weight is 1050 g/mol. The monoisotopic (exact) mass is 1040 g/mol. The zero-order valence-corrected chi connectivity index (χ0v) is 45.2. The van der Waals surface area contributed by atoms with Gasteiger partial charge in [-0.25, -0.2) is 0 Å². The second-order valence-corrected chi connectivity index (χ2v) is 21.5. The fraction of sp³-hybridized carbons (Fsp3) is 0.0250. The summed E-state index contributed by atoms with van der Waals surface area (Å²) in [6, 6.07) is 125. The molecule has 0 radical (unpaired) electrons. The smallest absolute Gasteiger partial charge is 0.0714 e. The number of fused-ring (bicyclic) bond motifs is 6. The fourth-order valence-corrected chi connectivity index (χ4v) is 13.7. The van der Waals surface area contributed by atoms with Crippen molar-refractivity contribution in [1.29, 1.82) is 0 Å². The van der Waals surface area contributed by atoms with E-state index in [2.05, 4.69) is 350 Å². The van der Waals surface area contributed by atoms with Crippen LogP contribution >= 0.6 is 0 Å². The van der Waals surface area contributed by atoms with Gasteiger partial charge in [-0.2, -0.15) is 0 Å². The first-order chi connectivity index (χ1) is 40.7. The number of hydrogen-bond acceptors (Lipinski definition) is 2. The molecule has 0 unspecified atom stereocenters. The SMILES string of the molecule is c1ccc(N(c2cccc(-c3ccc(-c4cccc(N(c5ccccc5)c5ccc6c(c5)C(c5ccccc5)(c5ccccc5)c5ccccc5-6)c4)cc3)c2)c2ccc3c(c2)C(c2ccccc2)(c2ccccc2)c2ccccc2-3)cc1. The van der Waals surface area contributed by atoms with Gasteiger partial charge in [0.1, 0.15) is 0 Å². The Morgan fingerprint density at radius 1 is 0.171 bits per heavy atom. The summed E-state index contributed by atoms with van der Waals surface area (Å²) in [4.78, 5) is 4.82. The van der Waals surface area contributed by atoms with E-state index in [-0.39, 0.29) is 0 Å². The second kappa shape index (κ2) is 20.3.